The first kappa shape index (κ1) is 23.4. The zero-order valence-corrected chi connectivity index (χ0v) is 19.3. The zero-order valence-electron chi connectivity index (χ0n) is 18.5. The highest BCUT2D eigenvalue weighted by atomic mass is 32.2. The minimum absolute atomic E-state index is 0.00451. The predicted molar refractivity (Wildman–Crippen MR) is 125 cm³/mol. The molecule has 1 heterocycles. The van der Waals surface area contributed by atoms with Crippen molar-refractivity contribution in [3.8, 4) is 0 Å². The summed E-state index contributed by atoms with van der Waals surface area (Å²) in [6.07, 6.45) is 1.08. The summed E-state index contributed by atoms with van der Waals surface area (Å²) >= 11 is 0. The third kappa shape index (κ3) is 6.63. The van der Waals surface area contributed by atoms with Crippen molar-refractivity contribution in [2.45, 2.75) is 39.0 Å². The van der Waals surface area contributed by atoms with Gasteiger partial charge in [0.15, 0.2) is 0 Å². The molecule has 1 amide bonds. The molecule has 0 unspecified atom stereocenters. The van der Waals surface area contributed by atoms with Crippen LogP contribution in [0.25, 0.3) is 0 Å². The quantitative estimate of drug-likeness (QED) is 0.641. The molecule has 0 bridgehead atoms. The molecule has 7 heteroatoms. The maximum absolute atomic E-state index is 12.7. The molecule has 1 aliphatic rings. The molecule has 0 spiro atoms. The highest BCUT2D eigenvalue weighted by molar-refractivity contribution is 7.88. The average molecular weight is 444 g/mol. The lowest BCUT2D eigenvalue weighted by Crippen LogP contribution is -2.41. The monoisotopic (exact) mass is 443 g/mol. The molecule has 1 saturated heterocycles. The summed E-state index contributed by atoms with van der Waals surface area (Å²) in [6.45, 7) is 7.99. The first-order chi connectivity index (χ1) is 14.9. The Kier molecular flexibility index (Phi) is 8.23. The van der Waals surface area contributed by atoms with Crippen LogP contribution < -0.4 is 5.32 Å². The molecule has 0 radical (unpaired) electrons. The summed E-state index contributed by atoms with van der Waals surface area (Å²) in [5.74, 6) is -0.194. The van der Waals surface area contributed by atoms with Crippen LogP contribution >= 0.6 is 0 Å². The lowest BCUT2D eigenvalue weighted by molar-refractivity contribution is -0.120. The lowest BCUT2D eigenvalue weighted by Gasteiger charge is -2.30. The Hall–Kier alpha value is -2.22. The molecule has 2 aromatic carbocycles. The largest absolute Gasteiger partial charge is 0.326 e. The van der Waals surface area contributed by atoms with Crippen LogP contribution in [0.4, 0.5) is 5.69 Å². The number of piperidine rings is 1. The van der Waals surface area contributed by atoms with Crippen molar-refractivity contribution in [2.24, 2.45) is 5.92 Å². The van der Waals surface area contributed by atoms with Crippen molar-refractivity contribution in [3.05, 3.63) is 65.7 Å². The van der Waals surface area contributed by atoms with Crippen LogP contribution in [0.1, 0.15) is 37.8 Å². The number of anilines is 1. The van der Waals surface area contributed by atoms with Crippen molar-refractivity contribution in [1.29, 1.82) is 0 Å². The number of amides is 1. The molecule has 1 N–H and O–H groups in total. The van der Waals surface area contributed by atoms with Crippen LogP contribution in [0.15, 0.2) is 54.6 Å². The summed E-state index contributed by atoms with van der Waals surface area (Å²) in [4.78, 5) is 15.0. The van der Waals surface area contributed by atoms with Crippen LogP contribution in [0, 0.1) is 5.92 Å². The first-order valence-corrected chi connectivity index (χ1v) is 12.7. The van der Waals surface area contributed by atoms with E-state index in [2.05, 4.69) is 24.1 Å². The normalized spacial score (nSPS) is 15.8. The van der Waals surface area contributed by atoms with Gasteiger partial charge in [-0.25, -0.2) is 12.7 Å². The molecule has 2 aromatic rings. The van der Waals surface area contributed by atoms with E-state index in [0.29, 0.717) is 25.9 Å². The van der Waals surface area contributed by atoms with Gasteiger partial charge in [0.2, 0.25) is 15.9 Å². The second-order valence-corrected chi connectivity index (χ2v) is 10.0. The van der Waals surface area contributed by atoms with Gasteiger partial charge in [-0.15, -0.1) is 0 Å². The molecule has 0 atom stereocenters. The number of carbonyl (C=O) groups excluding carboxylic acids is 1. The van der Waals surface area contributed by atoms with E-state index in [1.54, 1.807) is 0 Å². The standard InChI is InChI=1S/C24H33N3O3S/c1-3-26(4-2)18-20-10-12-23(13-11-20)25-24(28)22-14-16-27(17-15-22)31(29,30)19-21-8-6-5-7-9-21/h5-13,22H,3-4,14-19H2,1-2H3,(H,25,28). The SMILES string of the molecule is CCN(CC)Cc1ccc(NC(=O)C2CCN(S(=O)(=O)Cc3ccccc3)CC2)cc1. The number of nitrogens with zero attached hydrogens (tertiary/aromatic N) is 2. The highest BCUT2D eigenvalue weighted by Crippen LogP contribution is 2.23. The van der Waals surface area contributed by atoms with Gasteiger partial charge in [-0.2, -0.15) is 0 Å². The minimum Gasteiger partial charge on any atom is -0.326 e. The van der Waals surface area contributed by atoms with Gasteiger partial charge >= 0.3 is 0 Å². The van der Waals surface area contributed by atoms with E-state index in [1.165, 1.54) is 9.87 Å². The Morgan fingerprint density at radius 3 is 2.16 bits per heavy atom. The van der Waals surface area contributed by atoms with Crippen molar-refractivity contribution < 1.29 is 13.2 Å². The Morgan fingerprint density at radius 2 is 1.58 bits per heavy atom. The smallest absolute Gasteiger partial charge is 0.227 e. The third-order valence-electron chi connectivity index (χ3n) is 5.93. The number of benzene rings is 2. The molecule has 168 valence electrons. The maximum Gasteiger partial charge on any atom is 0.227 e. The van der Waals surface area contributed by atoms with Crippen LogP contribution in [0.2, 0.25) is 0 Å². The second-order valence-electron chi connectivity index (χ2n) is 8.06. The van der Waals surface area contributed by atoms with E-state index < -0.39 is 10.0 Å². The molecule has 6 nitrogen and oxygen atoms in total. The molecular weight excluding hydrogens is 410 g/mol. The Labute approximate surface area is 186 Å². The van der Waals surface area contributed by atoms with Gasteiger partial charge in [-0.1, -0.05) is 56.3 Å². The van der Waals surface area contributed by atoms with Crippen LogP contribution in [0.3, 0.4) is 0 Å². The zero-order chi connectivity index (χ0) is 22.3. The molecule has 0 aromatic heterocycles. The molecule has 1 fully saturated rings. The number of rotatable bonds is 9. The van der Waals surface area contributed by atoms with Crippen molar-refractivity contribution in [1.82, 2.24) is 9.21 Å². The molecule has 31 heavy (non-hydrogen) atoms. The summed E-state index contributed by atoms with van der Waals surface area (Å²) in [6, 6.07) is 17.2. The fourth-order valence-corrected chi connectivity index (χ4v) is 5.48. The third-order valence-corrected chi connectivity index (χ3v) is 7.78. The highest BCUT2D eigenvalue weighted by Gasteiger charge is 2.31. The van der Waals surface area contributed by atoms with Gasteiger partial charge < -0.3 is 5.32 Å². The summed E-state index contributed by atoms with van der Waals surface area (Å²) in [7, 11) is -3.37. The van der Waals surface area contributed by atoms with E-state index in [0.717, 1.165) is 30.9 Å². The van der Waals surface area contributed by atoms with E-state index in [9.17, 15) is 13.2 Å². The number of hydrogen-bond donors (Lipinski definition) is 1. The van der Waals surface area contributed by atoms with Gasteiger partial charge in [-0.05, 0) is 49.2 Å². The number of sulfonamides is 1. The van der Waals surface area contributed by atoms with Crippen molar-refractivity contribution in [2.75, 3.05) is 31.5 Å². The summed E-state index contributed by atoms with van der Waals surface area (Å²) in [5, 5.41) is 2.99. The molecular formula is C24H33N3O3S. The summed E-state index contributed by atoms with van der Waals surface area (Å²) in [5.41, 5.74) is 2.79. The van der Waals surface area contributed by atoms with E-state index in [-0.39, 0.29) is 17.6 Å². The second kappa shape index (κ2) is 10.9. The maximum atomic E-state index is 12.7. The van der Waals surface area contributed by atoms with E-state index >= 15 is 0 Å². The fraction of sp³-hybridized carbons (Fsp3) is 0.458. The van der Waals surface area contributed by atoms with Crippen molar-refractivity contribution in [3.63, 3.8) is 0 Å². The van der Waals surface area contributed by atoms with Crippen LogP contribution in [-0.4, -0.2) is 49.7 Å². The summed E-state index contributed by atoms with van der Waals surface area (Å²) < 4.78 is 26.9. The molecule has 3 rings (SSSR count). The Morgan fingerprint density at radius 1 is 0.968 bits per heavy atom. The molecule has 0 saturated carbocycles. The Balaban J connectivity index is 1.50. The van der Waals surface area contributed by atoms with Crippen molar-refractivity contribution >= 4 is 21.6 Å². The van der Waals surface area contributed by atoms with Gasteiger partial charge in [-0.3, -0.25) is 9.69 Å². The average Bonchev–Trinajstić information content (AvgIpc) is 2.79. The van der Waals surface area contributed by atoms with E-state index in [1.807, 2.05) is 54.6 Å². The lowest BCUT2D eigenvalue weighted by atomic mass is 9.97. The predicted octanol–water partition coefficient (Wildman–Crippen LogP) is 3.71. The Bertz CT molecular complexity index is 934. The van der Waals surface area contributed by atoms with Gasteiger partial charge in [0, 0.05) is 31.2 Å². The van der Waals surface area contributed by atoms with Gasteiger partial charge in [0.1, 0.15) is 0 Å². The van der Waals surface area contributed by atoms with Crippen LogP contribution in [-0.2, 0) is 27.1 Å². The number of hydrogen-bond acceptors (Lipinski definition) is 4. The molecule has 1 aliphatic heterocycles. The first-order valence-electron chi connectivity index (χ1n) is 11.0. The molecule has 0 aliphatic carbocycles. The topological polar surface area (TPSA) is 69.7 Å². The van der Waals surface area contributed by atoms with Gasteiger partial charge in [0.25, 0.3) is 0 Å². The van der Waals surface area contributed by atoms with Gasteiger partial charge in [0.05, 0.1) is 5.75 Å². The number of carbonyl (C=O) groups is 1. The fourth-order valence-electron chi connectivity index (χ4n) is 3.92. The minimum atomic E-state index is -3.37. The van der Waals surface area contributed by atoms with Crippen LogP contribution in [0.5, 0.6) is 0 Å². The number of nitrogens with one attached hydrogen (secondary N) is 1. The van der Waals surface area contributed by atoms with E-state index in [4.69, 9.17) is 0 Å².